The van der Waals surface area contributed by atoms with Gasteiger partial charge in [-0.15, -0.1) is 0 Å². The zero-order valence-corrected chi connectivity index (χ0v) is 10.6. The molecule has 0 saturated heterocycles. The van der Waals surface area contributed by atoms with Gasteiger partial charge in [0, 0.05) is 29.2 Å². The predicted molar refractivity (Wildman–Crippen MR) is 65.9 cm³/mol. The van der Waals surface area contributed by atoms with Gasteiger partial charge in [0.25, 0.3) is 0 Å². The highest BCUT2D eigenvalue weighted by Crippen LogP contribution is 2.26. The molecule has 0 saturated carbocycles. The van der Waals surface area contributed by atoms with Gasteiger partial charge in [-0.25, -0.2) is 4.39 Å². The van der Waals surface area contributed by atoms with Crippen LogP contribution in [0.4, 0.5) is 4.39 Å². The van der Waals surface area contributed by atoms with Crippen molar-refractivity contribution in [2.75, 3.05) is 13.2 Å². The van der Waals surface area contributed by atoms with E-state index in [1.807, 2.05) is 6.92 Å². The number of halogens is 2. The highest BCUT2D eigenvalue weighted by molar-refractivity contribution is 6.30. The average Bonchev–Trinajstić information content (AvgIpc) is 2.76. The molecule has 2 rings (SSSR count). The van der Waals surface area contributed by atoms with E-state index in [1.165, 1.54) is 12.1 Å². The first-order chi connectivity index (χ1) is 8.70. The van der Waals surface area contributed by atoms with Crippen LogP contribution in [0.5, 0.6) is 0 Å². The van der Waals surface area contributed by atoms with Crippen molar-refractivity contribution < 1.29 is 13.7 Å². The van der Waals surface area contributed by atoms with Gasteiger partial charge in [0.15, 0.2) is 0 Å². The van der Waals surface area contributed by atoms with Crippen molar-refractivity contribution in [3.05, 3.63) is 40.9 Å². The number of hydrogen-bond acceptors (Lipinski definition) is 3. The second-order valence-electron chi connectivity index (χ2n) is 3.72. The number of benzene rings is 1. The molecule has 1 radical (unpaired) electrons. The molecule has 5 heteroatoms. The van der Waals surface area contributed by atoms with Crippen LogP contribution in [-0.4, -0.2) is 18.4 Å². The normalized spacial score (nSPS) is 10.8. The molecular weight excluding hydrogens is 257 g/mol. The molecule has 2 aromatic rings. The lowest BCUT2D eigenvalue weighted by molar-refractivity contribution is 0.151. The van der Waals surface area contributed by atoms with Crippen LogP contribution < -0.4 is 0 Å². The van der Waals surface area contributed by atoms with E-state index in [1.54, 1.807) is 6.07 Å². The second-order valence-corrected chi connectivity index (χ2v) is 4.15. The van der Waals surface area contributed by atoms with Crippen molar-refractivity contribution in [3.8, 4) is 11.3 Å². The van der Waals surface area contributed by atoms with Gasteiger partial charge < -0.3 is 9.26 Å². The largest absolute Gasteiger partial charge is 0.381 e. The molecule has 0 bridgehead atoms. The van der Waals surface area contributed by atoms with Crippen LogP contribution in [0.15, 0.2) is 22.7 Å². The summed E-state index contributed by atoms with van der Waals surface area (Å²) in [6.07, 6.45) is 3.28. The van der Waals surface area contributed by atoms with Crippen LogP contribution in [0.1, 0.15) is 12.5 Å². The molecule has 0 aliphatic heterocycles. The molecule has 0 unspecified atom stereocenters. The topological polar surface area (TPSA) is 35.3 Å². The van der Waals surface area contributed by atoms with Crippen LogP contribution in [0.25, 0.3) is 11.3 Å². The van der Waals surface area contributed by atoms with Gasteiger partial charge in [-0.1, -0.05) is 16.8 Å². The van der Waals surface area contributed by atoms with Crippen LogP contribution in [0.3, 0.4) is 0 Å². The van der Waals surface area contributed by atoms with Gasteiger partial charge in [0.2, 0.25) is 6.26 Å². The molecule has 0 fully saturated rings. The van der Waals surface area contributed by atoms with Gasteiger partial charge in [-0.2, -0.15) is 0 Å². The summed E-state index contributed by atoms with van der Waals surface area (Å²) in [4.78, 5) is 0. The lowest BCUT2D eigenvalue weighted by atomic mass is 10.1. The van der Waals surface area contributed by atoms with E-state index in [0.29, 0.717) is 35.9 Å². The minimum absolute atomic E-state index is 0.323. The highest BCUT2D eigenvalue weighted by atomic mass is 35.5. The first-order valence-corrected chi connectivity index (χ1v) is 5.99. The Balaban J connectivity index is 2.24. The minimum atomic E-state index is -0.406. The third kappa shape index (κ3) is 3.09. The van der Waals surface area contributed by atoms with E-state index in [0.717, 1.165) is 5.56 Å². The summed E-state index contributed by atoms with van der Waals surface area (Å²) < 4.78 is 23.4. The number of ether oxygens (including phenoxy) is 1. The van der Waals surface area contributed by atoms with Crippen molar-refractivity contribution in [2.24, 2.45) is 0 Å². The third-order valence-electron chi connectivity index (χ3n) is 2.43. The Morgan fingerprint density at radius 3 is 3.00 bits per heavy atom. The number of nitrogens with zero attached hydrogens (tertiary/aromatic N) is 1. The first kappa shape index (κ1) is 13.1. The lowest BCUT2D eigenvalue weighted by Gasteiger charge is -2.02. The molecule has 1 aromatic carbocycles. The fraction of sp³-hybridized carbons (Fsp3) is 0.308. The molecule has 0 amide bonds. The maximum Gasteiger partial charge on any atom is 0.209 e. The van der Waals surface area contributed by atoms with Gasteiger partial charge >= 0.3 is 0 Å². The monoisotopic (exact) mass is 268 g/mol. The molecule has 1 heterocycles. The Morgan fingerprint density at radius 1 is 1.44 bits per heavy atom. The van der Waals surface area contributed by atoms with Crippen molar-refractivity contribution >= 4 is 11.6 Å². The Kier molecular flexibility index (Phi) is 4.33. The zero-order chi connectivity index (χ0) is 13.0. The van der Waals surface area contributed by atoms with Crippen molar-refractivity contribution in [3.63, 3.8) is 0 Å². The minimum Gasteiger partial charge on any atom is -0.381 e. The van der Waals surface area contributed by atoms with E-state index in [4.69, 9.17) is 20.9 Å². The van der Waals surface area contributed by atoms with Crippen molar-refractivity contribution in [1.82, 2.24) is 5.16 Å². The molecule has 95 valence electrons. The summed E-state index contributed by atoms with van der Waals surface area (Å²) >= 11 is 5.81. The van der Waals surface area contributed by atoms with Crippen LogP contribution >= 0.6 is 11.6 Å². The predicted octanol–water partition coefficient (Wildman–Crippen LogP) is 3.51. The van der Waals surface area contributed by atoms with Crippen LogP contribution in [0.2, 0.25) is 5.02 Å². The van der Waals surface area contributed by atoms with Gasteiger partial charge in [0.05, 0.1) is 6.61 Å². The zero-order valence-electron chi connectivity index (χ0n) is 9.87. The van der Waals surface area contributed by atoms with E-state index < -0.39 is 5.82 Å². The molecule has 0 N–H and O–H groups in total. The van der Waals surface area contributed by atoms with Crippen LogP contribution in [-0.2, 0) is 11.2 Å². The molecule has 18 heavy (non-hydrogen) atoms. The Labute approximate surface area is 109 Å². The smallest absolute Gasteiger partial charge is 0.209 e. The molecule has 0 atom stereocenters. The van der Waals surface area contributed by atoms with E-state index in [9.17, 15) is 4.39 Å². The summed E-state index contributed by atoms with van der Waals surface area (Å²) in [5.41, 5.74) is 1.89. The molecule has 0 aliphatic carbocycles. The Bertz CT molecular complexity index is 507. The molecular formula is C13H12ClFNO2. The second kappa shape index (κ2) is 5.98. The van der Waals surface area contributed by atoms with Gasteiger partial charge in [-0.3, -0.25) is 0 Å². The number of rotatable bonds is 5. The maximum absolute atomic E-state index is 13.3. The molecule has 0 spiro atoms. The molecule has 1 aromatic heterocycles. The first-order valence-electron chi connectivity index (χ1n) is 5.61. The summed E-state index contributed by atoms with van der Waals surface area (Å²) in [6.45, 7) is 3.11. The molecule has 3 nitrogen and oxygen atoms in total. The quantitative estimate of drug-likeness (QED) is 0.779. The highest BCUT2D eigenvalue weighted by Gasteiger charge is 2.12. The summed E-state index contributed by atoms with van der Waals surface area (Å²) in [5, 5.41) is 4.16. The average molecular weight is 269 g/mol. The van der Waals surface area contributed by atoms with Crippen LogP contribution in [0, 0.1) is 12.1 Å². The summed E-state index contributed by atoms with van der Waals surface area (Å²) in [6, 6.07) is 4.25. The lowest BCUT2D eigenvalue weighted by Crippen LogP contribution is -1.98. The molecule has 0 aliphatic rings. The van der Waals surface area contributed by atoms with Crippen molar-refractivity contribution in [1.29, 1.82) is 0 Å². The standard InChI is InChI=1S/C13H12ClFNO2/c1-2-17-4-3-9-8-18-16-13(9)10-5-11(14)7-12(15)6-10/h5-7H,2-4H2,1H3. The fourth-order valence-corrected chi connectivity index (χ4v) is 1.85. The van der Waals surface area contributed by atoms with Gasteiger partial charge in [-0.05, 0) is 25.1 Å². The summed E-state index contributed by atoms with van der Waals surface area (Å²) in [7, 11) is 0. The SMILES string of the molecule is CCOCCc1[c]onc1-c1cc(F)cc(Cl)c1. The van der Waals surface area contributed by atoms with Gasteiger partial charge in [0.1, 0.15) is 11.5 Å². The Hall–Kier alpha value is -1.39. The third-order valence-corrected chi connectivity index (χ3v) is 2.65. The fourth-order valence-electron chi connectivity index (χ4n) is 1.63. The summed E-state index contributed by atoms with van der Waals surface area (Å²) in [5.74, 6) is -0.406. The number of aromatic nitrogens is 1. The van der Waals surface area contributed by atoms with Crippen molar-refractivity contribution in [2.45, 2.75) is 13.3 Å². The van der Waals surface area contributed by atoms with E-state index in [-0.39, 0.29) is 0 Å². The maximum atomic E-state index is 13.3. The Morgan fingerprint density at radius 2 is 2.28 bits per heavy atom. The van der Waals surface area contributed by atoms with E-state index >= 15 is 0 Å². The van der Waals surface area contributed by atoms with E-state index in [2.05, 4.69) is 11.4 Å². The number of hydrogen-bond donors (Lipinski definition) is 0.